The molecule has 0 radical (unpaired) electrons. The molecule has 4 aromatic heterocycles. The van der Waals surface area contributed by atoms with Crippen molar-refractivity contribution in [2.45, 2.75) is 49.3 Å². The fourth-order valence-corrected chi connectivity index (χ4v) is 8.23. The second-order valence-corrected chi connectivity index (χ2v) is 13.8. The van der Waals surface area contributed by atoms with Crippen molar-refractivity contribution in [1.82, 2.24) is 33.9 Å². The van der Waals surface area contributed by atoms with Gasteiger partial charge < -0.3 is 35.5 Å². The van der Waals surface area contributed by atoms with Gasteiger partial charge in [0.05, 0.1) is 30.5 Å². The summed E-state index contributed by atoms with van der Waals surface area (Å²) >= 11 is 1.04. The lowest BCUT2D eigenvalue weighted by molar-refractivity contribution is -0.0633. The van der Waals surface area contributed by atoms with E-state index in [1.807, 2.05) is 0 Å². The van der Waals surface area contributed by atoms with Crippen LogP contribution >= 0.6 is 27.2 Å². The topological polar surface area (TPSA) is 293 Å². The molecule has 0 amide bonds. The summed E-state index contributed by atoms with van der Waals surface area (Å²) in [5.41, 5.74) is 11.6. The van der Waals surface area contributed by atoms with Crippen LogP contribution in [-0.2, 0) is 41.4 Å². The Morgan fingerprint density at radius 3 is 2.56 bits per heavy atom. The Labute approximate surface area is 255 Å². The average molecular weight is 689 g/mol. The predicted octanol–water partition coefficient (Wildman–Crippen LogP) is 0.144. The maximum absolute atomic E-state index is 13.3. The van der Waals surface area contributed by atoms with Crippen LogP contribution in [0.2, 0.25) is 0 Å². The number of imidazole rings is 1. The molecule has 3 aliphatic rings. The number of nitrogens with one attached hydrogen (secondary N) is 1. The molecule has 9 atom stereocenters. The average Bonchev–Trinajstić information content (AvgIpc) is 3.74. The van der Waals surface area contributed by atoms with Gasteiger partial charge in [-0.1, -0.05) is 0 Å². The predicted molar refractivity (Wildman–Crippen MR) is 150 cm³/mol. The molecule has 45 heavy (non-hydrogen) atoms. The number of ether oxygens (including phenoxy) is 3. The number of aromatic amines is 1. The Morgan fingerprint density at radius 1 is 1.02 bits per heavy atom. The highest BCUT2D eigenvalue weighted by Gasteiger charge is 2.53. The van der Waals surface area contributed by atoms with Crippen LogP contribution in [0.3, 0.4) is 0 Å². The third-order valence-corrected chi connectivity index (χ3v) is 10.3. The summed E-state index contributed by atoms with van der Waals surface area (Å²) in [5.74, 6) is -0.0650. The van der Waals surface area contributed by atoms with Gasteiger partial charge >= 0.3 is 15.6 Å². The molecule has 2 bridgehead atoms. The van der Waals surface area contributed by atoms with E-state index >= 15 is 0 Å². The van der Waals surface area contributed by atoms with E-state index in [4.69, 9.17) is 43.8 Å². The first-order valence-electron chi connectivity index (χ1n) is 13.2. The quantitative estimate of drug-likeness (QED) is 0.179. The molecule has 3 saturated heterocycles. The number of rotatable bonds is 3. The first kappa shape index (κ1) is 30.7. The van der Waals surface area contributed by atoms with Crippen LogP contribution in [0.1, 0.15) is 23.6 Å². The molecule has 7 heterocycles. The summed E-state index contributed by atoms with van der Waals surface area (Å²) in [4.78, 5) is 53.0. The summed E-state index contributed by atoms with van der Waals surface area (Å²) in [7, 11) is -8.48. The van der Waals surface area contributed by atoms with Gasteiger partial charge in [-0.25, -0.2) is 24.1 Å². The number of phosphoric acid groups is 2. The Bertz CT molecular complexity index is 1920. The SMILES string of the molecule is CO[C@H]1[C@H]2OP(=O)(O)OC[C@H]3O[C@@H](c4snc5c(N)ncnc45)C[C@@H]3OP(=O)(O)OC[C@H]1O[C@H]2n1cnc2c(=O)[nH]c(N)nc21. The van der Waals surface area contributed by atoms with E-state index in [0.29, 0.717) is 15.9 Å². The van der Waals surface area contributed by atoms with Crippen molar-refractivity contribution in [2.75, 3.05) is 31.8 Å². The van der Waals surface area contributed by atoms with Gasteiger partial charge in [0.1, 0.15) is 47.9 Å². The Balaban J connectivity index is 1.20. The lowest BCUT2D eigenvalue weighted by Gasteiger charge is -2.26. The zero-order valence-corrected chi connectivity index (χ0v) is 25.5. The smallest absolute Gasteiger partial charge is 0.382 e. The van der Waals surface area contributed by atoms with E-state index in [1.54, 1.807) is 0 Å². The molecule has 24 heteroatoms. The standard InChI is InChI=1S/C21H25N9O12P2S/c1-36-14-10-4-38-43(32,33)41-7-2-8(16-11-12(29-45-16)17(22)25-5-24-11)39-9(7)3-37-44(34,35)42-15(14)20(40-10)30-6-26-13-18(30)27-21(23)28-19(13)31/h5-10,14-15,20H,2-4H2,1H3,(H,32,33)(H,34,35)(H2,22,24,25)(H3,23,27,28,31)/t7-,8+,9+,10+,14+,15+,20+/m0/s1. The van der Waals surface area contributed by atoms with E-state index < -0.39 is 77.3 Å². The van der Waals surface area contributed by atoms with Gasteiger partial charge in [-0.05, 0) is 11.5 Å². The summed E-state index contributed by atoms with van der Waals surface area (Å²) in [6, 6.07) is 0. The number of H-pyrrole nitrogens is 1. The van der Waals surface area contributed by atoms with Gasteiger partial charge in [-0.2, -0.15) is 9.36 Å². The molecule has 3 aliphatic heterocycles. The molecule has 0 aliphatic carbocycles. The van der Waals surface area contributed by atoms with Gasteiger partial charge in [-0.15, -0.1) is 0 Å². The van der Waals surface area contributed by atoms with Gasteiger partial charge in [0.2, 0.25) is 5.95 Å². The maximum atomic E-state index is 13.3. The zero-order valence-electron chi connectivity index (χ0n) is 22.9. The number of hydrogen-bond acceptors (Lipinski definition) is 18. The molecular weight excluding hydrogens is 664 g/mol. The molecule has 4 aromatic rings. The minimum Gasteiger partial charge on any atom is -0.382 e. The maximum Gasteiger partial charge on any atom is 0.472 e. The number of anilines is 2. The molecule has 7 N–H and O–H groups in total. The fourth-order valence-electron chi connectivity index (χ4n) is 5.47. The third kappa shape index (κ3) is 5.66. The van der Waals surface area contributed by atoms with Crippen LogP contribution in [0, 0.1) is 0 Å². The molecule has 0 spiro atoms. The second kappa shape index (κ2) is 11.4. The van der Waals surface area contributed by atoms with Crippen molar-refractivity contribution in [3.05, 3.63) is 27.9 Å². The molecular formula is C21H25N9O12P2S. The molecule has 3 fully saturated rings. The highest BCUT2D eigenvalue weighted by Crippen LogP contribution is 2.54. The summed E-state index contributed by atoms with van der Waals surface area (Å²) in [6.07, 6.45) is -5.64. The van der Waals surface area contributed by atoms with Crippen molar-refractivity contribution in [3.8, 4) is 0 Å². The highest BCUT2D eigenvalue weighted by atomic mass is 32.1. The van der Waals surface area contributed by atoms with Crippen molar-refractivity contribution in [3.63, 3.8) is 0 Å². The lowest BCUT2D eigenvalue weighted by atomic mass is 10.1. The number of nitrogen functional groups attached to an aromatic ring is 2. The summed E-state index contributed by atoms with van der Waals surface area (Å²) in [5, 5.41) is 0. The largest absolute Gasteiger partial charge is 0.472 e. The molecule has 0 aromatic carbocycles. The molecule has 0 saturated carbocycles. The van der Waals surface area contributed by atoms with Crippen LogP contribution in [0.4, 0.5) is 11.8 Å². The monoisotopic (exact) mass is 689 g/mol. The van der Waals surface area contributed by atoms with Crippen LogP contribution in [0.15, 0.2) is 17.4 Å². The Morgan fingerprint density at radius 2 is 1.78 bits per heavy atom. The lowest BCUT2D eigenvalue weighted by Crippen LogP contribution is -2.37. The zero-order chi connectivity index (χ0) is 31.7. The van der Waals surface area contributed by atoms with Crippen molar-refractivity contribution < 1.29 is 51.2 Å². The van der Waals surface area contributed by atoms with Gasteiger partial charge in [0.25, 0.3) is 5.56 Å². The number of methoxy groups -OCH3 is 1. The first-order chi connectivity index (χ1) is 21.4. The van der Waals surface area contributed by atoms with Crippen LogP contribution in [0.5, 0.6) is 0 Å². The van der Waals surface area contributed by atoms with E-state index in [-0.39, 0.29) is 29.4 Å². The van der Waals surface area contributed by atoms with Crippen LogP contribution in [-0.4, -0.2) is 94.5 Å². The number of nitrogens with two attached hydrogens (primary N) is 2. The van der Waals surface area contributed by atoms with Crippen molar-refractivity contribution >= 4 is 61.1 Å². The fraction of sp³-hybridized carbons (Fsp3) is 0.524. The number of nitrogens with zero attached hydrogens (tertiary/aromatic N) is 6. The van der Waals surface area contributed by atoms with Gasteiger partial charge in [0, 0.05) is 13.5 Å². The summed E-state index contributed by atoms with van der Waals surface area (Å²) in [6.45, 7) is -1.19. The van der Waals surface area contributed by atoms with Crippen molar-refractivity contribution in [2.24, 2.45) is 0 Å². The van der Waals surface area contributed by atoms with Crippen LogP contribution < -0.4 is 17.0 Å². The van der Waals surface area contributed by atoms with E-state index in [2.05, 4.69) is 29.3 Å². The molecule has 2 unspecified atom stereocenters. The van der Waals surface area contributed by atoms with E-state index in [1.165, 1.54) is 24.3 Å². The minimum absolute atomic E-state index is 0.00795. The van der Waals surface area contributed by atoms with Crippen LogP contribution in [0.25, 0.3) is 22.2 Å². The van der Waals surface area contributed by atoms with E-state index in [9.17, 15) is 23.7 Å². The molecule has 242 valence electrons. The molecule has 7 rings (SSSR count). The van der Waals surface area contributed by atoms with Crippen molar-refractivity contribution in [1.29, 1.82) is 0 Å². The van der Waals surface area contributed by atoms with Gasteiger partial charge in [0.15, 0.2) is 23.2 Å². The normalized spacial score (nSPS) is 36.0. The number of fused-ring (bicyclic) bond motifs is 5. The number of aromatic nitrogens is 7. The summed E-state index contributed by atoms with van der Waals surface area (Å²) < 4.78 is 71.3. The Hall–Kier alpha value is -2.98. The number of hydrogen-bond donors (Lipinski definition) is 5. The highest BCUT2D eigenvalue weighted by molar-refractivity contribution is 7.47. The minimum atomic E-state index is -4.94. The third-order valence-electron chi connectivity index (χ3n) is 7.42. The second-order valence-electron chi connectivity index (χ2n) is 10.2. The van der Waals surface area contributed by atoms with Gasteiger partial charge in [-0.3, -0.25) is 32.4 Å². The number of phosphoric ester groups is 2. The van der Waals surface area contributed by atoms with E-state index in [0.717, 1.165) is 11.5 Å². The Kier molecular flexibility index (Phi) is 7.75. The molecule has 21 nitrogen and oxygen atoms in total. The first-order valence-corrected chi connectivity index (χ1v) is 16.9.